The molecule has 134 valence electrons. The molecule has 0 aliphatic carbocycles. The number of hydrogen-bond donors (Lipinski definition) is 0. The number of esters is 1. The zero-order chi connectivity index (χ0) is 19.1. The number of benzene rings is 3. The highest BCUT2D eigenvalue weighted by Crippen LogP contribution is 2.21. The van der Waals surface area contributed by atoms with Crippen LogP contribution in [0.5, 0.6) is 5.75 Å². The van der Waals surface area contributed by atoms with Crippen LogP contribution in [-0.2, 0) is 18.0 Å². The molecule has 0 unspecified atom stereocenters. The molecule has 4 nitrogen and oxygen atoms in total. The highest BCUT2D eigenvalue weighted by molar-refractivity contribution is 5.92. The number of aryl methyl sites for hydroxylation is 1. The monoisotopic (exact) mass is 357 g/mol. The van der Waals surface area contributed by atoms with Gasteiger partial charge in [0.15, 0.2) is 0 Å². The van der Waals surface area contributed by atoms with Crippen LogP contribution in [0.2, 0.25) is 0 Å². The van der Waals surface area contributed by atoms with Crippen molar-refractivity contribution in [1.29, 1.82) is 5.26 Å². The van der Waals surface area contributed by atoms with E-state index in [0.29, 0.717) is 29.0 Å². The van der Waals surface area contributed by atoms with Crippen LogP contribution < -0.4 is 4.74 Å². The Hall–Kier alpha value is -3.58. The summed E-state index contributed by atoms with van der Waals surface area (Å²) in [6.45, 7) is 2.42. The van der Waals surface area contributed by atoms with Crippen LogP contribution in [0.4, 0.5) is 0 Å². The Labute approximate surface area is 158 Å². The van der Waals surface area contributed by atoms with Gasteiger partial charge in [-0.3, -0.25) is 0 Å². The Morgan fingerprint density at radius 2 is 1.74 bits per heavy atom. The van der Waals surface area contributed by atoms with Gasteiger partial charge in [0.25, 0.3) is 0 Å². The van der Waals surface area contributed by atoms with Crippen LogP contribution >= 0.6 is 0 Å². The van der Waals surface area contributed by atoms with E-state index in [2.05, 4.69) is 6.07 Å². The fraction of sp³-hybridized carbons (Fsp3) is 0.130. The molecule has 4 heteroatoms. The van der Waals surface area contributed by atoms with Gasteiger partial charge in [0.05, 0.1) is 11.6 Å². The Bertz CT molecular complexity index is 989. The predicted octanol–water partition coefficient (Wildman–Crippen LogP) is 4.80. The number of nitrogens with zero attached hydrogens (tertiary/aromatic N) is 1. The van der Waals surface area contributed by atoms with Crippen LogP contribution in [0.3, 0.4) is 0 Å². The van der Waals surface area contributed by atoms with E-state index < -0.39 is 5.97 Å². The molecular formula is C23H19NO3. The van der Waals surface area contributed by atoms with E-state index in [1.165, 1.54) is 0 Å². The van der Waals surface area contributed by atoms with Gasteiger partial charge in [-0.2, -0.15) is 5.26 Å². The molecule has 27 heavy (non-hydrogen) atoms. The summed E-state index contributed by atoms with van der Waals surface area (Å²) in [4.78, 5) is 12.5. The van der Waals surface area contributed by atoms with Gasteiger partial charge in [0, 0.05) is 5.56 Å². The zero-order valence-corrected chi connectivity index (χ0v) is 15.0. The number of nitriles is 1. The molecule has 3 rings (SSSR count). The number of rotatable bonds is 6. The third-order valence-electron chi connectivity index (χ3n) is 4.08. The van der Waals surface area contributed by atoms with E-state index in [-0.39, 0.29) is 6.61 Å². The SMILES string of the molecule is Cc1cccc(COc2ccccc2C(=O)OCc2ccccc2C#N)c1. The molecule has 0 fully saturated rings. The quantitative estimate of drug-likeness (QED) is 0.595. The molecule has 0 bridgehead atoms. The standard InChI is InChI=1S/C23H19NO3/c1-17-7-6-8-18(13-17)15-26-22-12-5-4-11-21(22)23(25)27-16-20-10-3-2-9-19(20)14-24/h2-13H,15-16H2,1H3. The van der Waals surface area contributed by atoms with Crippen molar-refractivity contribution in [1.82, 2.24) is 0 Å². The molecule has 3 aromatic rings. The Balaban J connectivity index is 1.69. The number of carbonyl (C=O) groups is 1. The third kappa shape index (κ3) is 4.74. The molecule has 0 aliphatic heterocycles. The first-order valence-electron chi connectivity index (χ1n) is 8.60. The lowest BCUT2D eigenvalue weighted by Gasteiger charge is -2.12. The van der Waals surface area contributed by atoms with Crippen LogP contribution in [-0.4, -0.2) is 5.97 Å². The summed E-state index contributed by atoms with van der Waals surface area (Å²) in [5, 5.41) is 9.13. The van der Waals surface area contributed by atoms with E-state index in [0.717, 1.165) is 11.1 Å². The highest BCUT2D eigenvalue weighted by atomic mass is 16.5. The molecule has 0 saturated heterocycles. The lowest BCUT2D eigenvalue weighted by molar-refractivity contribution is 0.0467. The lowest BCUT2D eigenvalue weighted by atomic mass is 10.1. The second-order valence-electron chi connectivity index (χ2n) is 6.12. The lowest BCUT2D eigenvalue weighted by Crippen LogP contribution is -2.09. The fourth-order valence-electron chi connectivity index (χ4n) is 2.70. The van der Waals surface area contributed by atoms with Gasteiger partial charge in [-0.1, -0.05) is 60.2 Å². The van der Waals surface area contributed by atoms with E-state index in [1.54, 1.807) is 36.4 Å². The molecule has 0 atom stereocenters. The van der Waals surface area contributed by atoms with Crippen molar-refractivity contribution in [2.45, 2.75) is 20.1 Å². The molecule has 0 saturated carbocycles. The fourth-order valence-corrected chi connectivity index (χ4v) is 2.70. The van der Waals surface area contributed by atoms with E-state index >= 15 is 0 Å². The van der Waals surface area contributed by atoms with Crippen molar-refractivity contribution in [2.75, 3.05) is 0 Å². The van der Waals surface area contributed by atoms with Crippen molar-refractivity contribution in [2.24, 2.45) is 0 Å². The number of para-hydroxylation sites is 1. The molecule has 0 heterocycles. The molecule has 0 amide bonds. The average Bonchev–Trinajstić information content (AvgIpc) is 2.71. The summed E-state index contributed by atoms with van der Waals surface area (Å²) in [6, 6.07) is 24.2. The molecule has 0 spiro atoms. The van der Waals surface area contributed by atoms with E-state index in [9.17, 15) is 4.79 Å². The first-order chi connectivity index (χ1) is 13.2. The average molecular weight is 357 g/mol. The van der Waals surface area contributed by atoms with Gasteiger partial charge in [-0.25, -0.2) is 4.79 Å². The topological polar surface area (TPSA) is 59.3 Å². The third-order valence-corrected chi connectivity index (χ3v) is 4.08. The Morgan fingerprint density at radius 3 is 2.56 bits per heavy atom. The normalized spacial score (nSPS) is 10.1. The number of carbonyl (C=O) groups excluding carboxylic acids is 1. The minimum atomic E-state index is -0.484. The van der Waals surface area contributed by atoms with Crippen molar-refractivity contribution >= 4 is 5.97 Å². The van der Waals surface area contributed by atoms with Gasteiger partial charge < -0.3 is 9.47 Å². The van der Waals surface area contributed by atoms with Gasteiger partial charge in [-0.05, 0) is 30.7 Å². The maximum atomic E-state index is 12.5. The molecule has 0 N–H and O–H groups in total. The van der Waals surface area contributed by atoms with Gasteiger partial charge in [-0.15, -0.1) is 0 Å². The van der Waals surface area contributed by atoms with Crippen LogP contribution in [0.1, 0.15) is 32.6 Å². The molecule has 0 aromatic heterocycles. The zero-order valence-electron chi connectivity index (χ0n) is 15.0. The maximum absolute atomic E-state index is 12.5. The van der Waals surface area contributed by atoms with Crippen molar-refractivity contribution in [3.8, 4) is 11.8 Å². The van der Waals surface area contributed by atoms with Crippen LogP contribution in [0.15, 0.2) is 72.8 Å². The van der Waals surface area contributed by atoms with Crippen LogP contribution in [0, 0.1) is 18.3 Å². The molecule has 0 radical (unpaired) electrons. The first-order valence-corrected chi connectivity index (χ1v) is 8.60. The highest BCUT2D eigenvalue weighted by Gasteiger charge is 2.14. The van der Waals surface area contributed by atoms with E-state index in [1.807, 2.05) is 43.3 Å². The first kappa shape index (κ1) is 18.2. The van der Waals surface area contributed by atoms with Gasteiger partial charge >= 0.3 is 5.97 Å². The van der Waals surface area contributed by atoms with Crippen molar-refractivity contribution < 1.29 is 14.3 Å². The summed E-state index contributed by atoms with van der Waals surface area (Å²) in [5.74, 6) is -0.0137. The minimum Gasteiger partial charge on any atom is -0.488 e. The van der Waals surface area contributed by atoms with Gasteiger partial charge in [0.2, 0.25) is 0 Å². The minimum absolute atomic E-state index is 0.0365. The predicted molar refractivity (Wildman–Crippen MR) is 102 cm³/mol. The molecular weight excluding hydrogens is 338 g/mol. The summed E-state index contributed by atoms with van der Waals surface area (Å²) in [6.07, 6.45) is 0. The molecule has 0 aliphatic rings. The summed E-state index contributed by atoms with van der Waals surface area (Å²) in [5.41, 5.74) is 3.71. The second kappa shape index (κ2) is 8.68. The van der Waals surface area contributed by atoms with Crippen molar-refractivity contribution in [3.63, 3.8) is 0 Å². The maximum Gasteiger partial charge on any atom is 0.342 e. The molecule has 3 aromatic carbocycles. The van der Waals surface area contributed by atoms with Crippen LogP contribution in [0.25, 0.3) is 0 Å². The number of ether oxygens (including phenoxy) is 2. The van der Waals surface area contributed by atoms with Crippen molar-refractivity contribution in [3.05, 3.63) is 101 Å². The van der Waals surface area contributed by atoms with Gasteiger partial charge in [0.1, 0.15) is 24.5 Å². The second-order valence-corrected chi connectivity index (χ2v) is 6.12. The summed E-state index contributed by atoms with van der Waals surface area (Å²) < 4.78 is 11.2. The number of hydrogen-bond acceptors (Lipinski definition) is 4. The Morgan fingerprint density at radius 1 is 0.963 bits per heavy atom. The van der Waals surface area contributed by atoms with E-state index in [4.69, 9.17) is 14.7 Å². The Kier molecular flexibility index (Phi) is 5.86. The largest absolute Gasteiger partial charge is 0.488 e. The summed E-state index contributed by atoms with van der Waals surface area (Å²) >= 11 is 0. The smallest absolute Gasteiger partial charge is 0.342 e. The summed E-state index contributed by atoms with van der Waals surface area (Å²) in [7, 11) is 0.